The summed E-state index contributed by atoms with van der Waals surface area (Å²) >= 11 is 6.43. The molecule has 1 aliphatic carbocycles. The number of fused-ring (bicyclic) bond motifs is 3. The second-order valence-corrected chi connectivity index (χ2v) is 7.54. The van der Waals surface area contributed by atoms with E-state index in [1.165, 1.54) is 13.2 Å². The molecule has 2 aromatic rings. The van der Waals surface area contributed by atoms with Crippen LogP contribution in [0, 0.1) is 5.92 Å². The van der Waals surface area contributed by atoms with Crippen molar-refractivity contribution in [3.63, 3.8) is 0 Å². The van der Waals surface area contributed by atoms with Crippen molar-refractivity contribution in [1.29, 1.82) is 0 Å². The van der Waals surface area contributed by atoms with Crippen molar-refractivity contribution < 1.29 is 24.2 Å². The van der Waals surface area contributed by atoms with Gasteiger partial charge in [0.05, 0.1) is 29.4 Å². The van der Waals surface area contributed by atoms with E-state index in [1.807, 2.05) is 24.3 Å². The molecular weight excluding hydrogens is 394 g/mol. The van der Waals surface area contributed by atoms with E-state index in [1.54, 1.807) is 6.07 Å². The second kappa shape index (κ2) is 7.79. The van der Waals surface area contributed by atoms with Crippen molar-refractivity contribution in [2.45, 2.75) is 18.4 Å². The minimum atomic E-state index is -0.988. The first-order chi connectivity index (χ1) is 14.0. The number of nitrogens with one attached hydrogen (secondary N) is 1. The Hall–Kier alpha value is -2.99. The first-order valence-electron chi connectivity index (χ1n) is 9.27. The Labute approximate surface area is 173 Å². The standard InChI is InChI=1S/C22H20ClNO5/c1-28-19(25)11-29-14-7-5-12(6-8-14)20-16-4-2-3-15(16)17-9-13(22(26)27)10-18(23)21(17)24-20/h2-3,5-10,15-16,20,24H,4,11H2,1H3,(H,26,27)/t15-,16-,20+/m1/s1. The maximum absolute atomic E-state index is 11.4. The normalized spacial score (nSPS) is 21.7. The minimum Gasteiger partial charge on any atom is -0.482 e. The molecule has 150 valence electrons. The number of anilines is 1. The summed E-state index contributed by atoms with van der Waals surface area (Å²) in [7, 11) is 1.32. The number of methoxy groups -OCH3 is 1. The number of benzene rings is 2. The highest BCUT2D eigenvalue weighted by molar-refractivity contribution is 6.33. The molecule has 0 fully saturated rings. The van der Waals surface area contributed by atoms with E-state index in [9.17, 15) is 14.7 Å². The smallest absolute Gasteiger partial charge is 0.343 e. The lowest BCUT2D eigenvalue weighted by Crippen LogP contribution is -2.29. The molecular formula is C22H20ClNO5. The first kappa shape index (κ1) is 19.3. The van der Waals surface area contributed by atoms with Crippen LogP contribution >= 0.6 is 11.6 Å². The highest BCUT2D eigenvalue weighted by atomic mass is 35.5. The fourth-order valence-corrected chi connectivity index (χ4v) is 4.36. The number of hydrogen-bond acceptors (Lipinski definition) is 5. The van der Waals surface area contributed by atoms with Gasteiger partial charge in [0, 0.05) is 5.92 Å². The van der Waals surface area contributed by atoms with E-state index in [0.717, 1.165) is 23.2 Å². The summed E-state index contributed by atoms with van der Waals surface area (Å²) < 4.78 is 9.99. The monoisotopic (exact) mass is 413 g/mol. The molecule has 2 aromatic carbocycles. The lowest BCUT2D eigenvalue weighted by Gasteiger charge is -2.38. The van der Waals surface area contributed by atoms with E-state index in [-0.39, 0.29) is 30.0 Å². The molecule has 6 nitrogen and oxygen atoms in total. The van der Waals surface area contributed by atoms with E-state index in [4.69, 9.17) is 16.3 Å². The summed E-state index contributed by atoms with van der Waals surface area (Å²) in [5, 5.41) is 13.3. The van der Waals surface area contributed by atoms with Crippen LogP contribution in [0.3, 0.4) is 0 Å². The van der Waals surface area contributed by atoms with E-state index in [0.29, 0.717) is 10.8 Å². The Balaban J connectivity index is 1.62. The molecule has 0 radical (unpaired) electrons. The van der Waals surface area contributed by atoms with Crippen LogP contribution in [0.15, 0.2) is 48.6 Å². The molecule has 0 spiro atoms. The Bertz CT molecular complexity index is 985. The van der Waals surface area contributed by atoms with Crippen LogP contribution in [0.4, 0.5) is 5.69 Å². The van der Waals surface area contributed by atoms with Crippen LogP contribution in [-0.2, 0) is 9.53 Å². The van der Waals surface area contributed by atoms with Gasteiger partial charge in [-0.1, -0.05) is 35.9 Å². The van der Waals surface area contributed by atoms with Gasteiger partial charge in [-0.3, -0.25) is 0 Å². The number of carbonyl (C=O) groups is 2. The van der Waals surface area contributed by atoms with Gasteiger partial charge in [-0.2, -0.15) is 0 Å². The predicted octanol–water partition coefficient (Wildman–Crippen LogP) is 4.42. The summed E-state index contributed by atoms with van der Waals surface area (Å²) in [5.41, 5.74) is 2.96. The zero-order valence-corrected chi connectivity index (χ0v) is 16.5. The summed E-state index contributed by atoms with van der Waals surface area (Å²) in [6, 6.07) is 10.8. The van der Waals surface area contributed by atoms with Crippen molar-refractivity contribution in [3.8, 4) is 5.75 Å². The van der Waals surface area contributed by atoms with Crippen LogP contribution in [-0.4, -0.2) is 30.8 Å². The number of carboxylic acid groups (broad SMARTS) is 1. The minimum absolute atomic E-state index is 0.0188. The molecule has 3 atom stereocenters. The quantitative estimate of drug-likeness (QED) is 0.557. The van der Waals surface area contributed by atoms with Gasteiger partial charge in [0.2, 0.25) is 0 Å². The molecule has 0 bridgehead atoms. The third kappa shape index (κ3) is 3.68. The molecule has 2 aliphatic rings. The number of esters is 1. The van der Waals surface area contributed by atoms with Crippen LogP contribution in [0.5, 0.6) is 5.75 Å². The Morgan fingerprint density at radius 3 is 2.69 bits per heavy atom. The number of carboxylic acids is 1. The molecule has 0 saturated heterocycles. The summed E-state index contributed by atoms with van der Waals surface area (Å²) in [5.74, 6) is -0.485. The first-order valence-corrected chi connectivity index (χ1v) is 9.65. The Kier molecular flexibility index (Phi) is 5.20. The zero-order chi connectivity index (χ0) is 20.5. The number of hydrogen-bond donors (Lipinski definition) is 2. The van der Waals surface area contributed by atoms with Gasteiger partial charge in [0.15, 0.2) is 6.61 Å². The fourth-order valence-electron chi connectivity index (χ4n) is 4.08. The molecule has 1 heterocycles. The molecule has 2 N–H and O–H groups in total. The van der Waals surface area contributed by atoms with Crippen LogP contribution in [0.25, 0.3) is 0 Å². The van der Waals surface area contributed by atoms with Gasteiger partial charge in [0.25, 0.3) is 0 Å². The zero-order valence-electron chi connectivity index (χ0n) is 15.7. The molecule has 0 aromatic heterocycles. The Morgan fingerprint density at radius 1 is 1.24 bits per heavy atom. The van der Waals surface area contributed by atoms with Crippen molar-refractivity contribution in [2.24, 2.45) is 5.92 Å². The molecule has 1 aliphatic heterocycles. The van der Waals surface area contributed by atoms with E-state index >= 15 is 0 Å². The van der Waals surface area contributed by atoms with Crippen LogP contribution in [0.1, 0.15) is 39.9 Å². The molecule has 29 heavy (non-hydrogen) atoms. The fraction of sp³-hybridized carbons (Fsp3) is 0.273. The predicted molar refractivity (Wildman–Crippen MR) is 109 cm³/mol. The topological polar surface area (TPSA) is 84.9 Å². The summed E-state index contributed by atoms with van der Waals surface area (Å²) in [6.45, 7) is -0.138. The van der Waals surface area contributed by atoms with Gasteiger partial charge in [-0.05, 0) is 47.7 Å². The number of carbonyl (C=O) groups excluding carboxylic acids is 1. The molecule has 4 rings (SSSR count). The number of halogens is 1. The maximum Gasteiger partial charge on any atom is 0.343 e. The van der Waals surface area contributed by atoms with Gasteiger partial charge < -0.3 is 19.9 Å². The number of aromatic carboxylic acids is 1. The summed E-state index contributed by atoms with van der Waals surface area (Å²) in [4.78, 5) is 22.7. The highest BCUT2D eigenvalue weighted by Gasteiger charge is 2.39. The van der Waals surface area contributed by atoms with Crippen molar-refractivity contribution in [1.82, 2.24) is 0 Å². The van der Waals surface area contributed by atoms with Crippen LogP contribution in [0.2, 0.25) is 5.02 Å². The second-order valence-electron chi connectivity index (χ2n) is 7.14. The number of ether oxygens (including phenoxy) is 2. The third-order valence-electron chi connectivity index (χ3n) is 5.49. The van der Waals surface area contributed by atoms with Crippen molar-refractivity contribution >= 4 is 29.2 Å². The number of allylic oxidation sites excluding steroid dienone is 2. The van der Waals surface area contributed by atoms with Gasteiger partial charge in [0.1, 0.15) is 5.75 Å². The van der Waals surface area contributed by atoms with Gasteiger partial charge in [-0.25, -0.2) is 9.59 Å². The molecule has 0 amide bonds. The highest BCUT2D eigenvalue weighted by Crippen LogP contribution is 2.51. The van der Waals surface area contributed by atoms with Crippen LogP contribution < -0.4 is 10.1 Å². The van der Waals surface area contributed by atoms with Gasteiger partial charge in [-0.15, -0.1) is 0 Å². The van der Waals surface area contributed by atoms with Crippen molar-refractivity contribution in [3.05, 3.63) is 70.3 Å². The SMILES string of the molecule is COC(=O)COc1ccc([C@@H]2Nc3c(Cl)cc(C(=O)O)cc3[C@@H]3C=CC[C@H]32)cc1. The number of rotatable bonds is 5. The molecule has 0 unspecified atom stereocenters. The molecule has 7 heteroatoms. The van der Waals surface area contributed by atoms with E-state index < -0.39 is 11.9 Å². The van der Waals surface area contributed by atoms with Gasteiger partial charge >= 0.3 is 11.9 Å². The molecule has 0 saturated carbocycles. The average Bonchev–Trinajstić information content (AvgIpc) is 3.22. The average molecular weight is 414 g/mol. The van der Waals surface area contributed by atoms with E-state index in [2.05, 4.69) is 22.2 Å². The summed E-state index contributed by atoms with van der Waals surface area (Å²) in [6.07, 6.45) is 5.15. The largest absolute Gasteiger partial charge is 0.482 e. The van der Waals surface area contributed by atoms with Crippen molar-refractivity contribution in [2.75, 3.05) is 19.0 Å². The third-order valence-corrected chi connectivity index (χ3v) is 5.79. The maximum atomic E-state index is 11.4. The lowest BCUT2D eigenvalue weighted by atomic mass is 9.76. The lowest BCUT2D eigenvalue weighted by molar-refractivity contribution is -0.142. The Morgan fingerprint density at radius 2 is 2.00 bits per heavy atom.